The maximum atomic E-state index is 12.5. The third kappa shape index (κ3) is 2.99. The number of sulfonamides is 1. The highest BCUT2D eigenvalue weighted by atomic mass is 32.2. The number of hydrogen-bond donors (Lipinski definition) is 0. The van der Waals surface area contributed by atoms with E-state index in [-0.39, 0.29) is 4.90 Å². The molecule has 1 aliphatic rings. The third-order valence-corrected chi connectivity index (χ3v) is 7.36. The summed E-state index contributed by atoms with van der Waals surface area (Å²) in [4.78, 5) is 7.49. The lowest BCUT2D eigenvalue weighted by Gasteiger charge is -2.24. The van der Waals surface area contributed by atoms with Crippen LogP contribution in [0, 0.1) is 0 Å². The number of aryl methyl sites for hydroxylation is 1. The van der Waals surface area contributed by atoms with Crippen molar-refractivity contribution in [1.82, 2.24) is 13.9 Å². The highest BCUT2D eigenvalue weighted by Crippen LogP contribution is 2.33. The topological polar surface area (TPSA) is 58.4 Å². The first-order valence-corrected chi connectivity index (χ1v) is 11.0. The average Bonchev–Trinajstić information content (AvgIpc) is 3.18. The zero-order valence-corrected chi connectivity index (χ0v) is 17.6. The maximum absolute atomic E-state index is 12.5. The van der Waals surface area contributed by atoms with Gasteiger partial charge in [-0.15, -0.1) is 0 Å². The molecule has 0 aliphatic carbocycles. The molecule has 0 saturated heterocycles. The molecule has 0 saturated carbocycles. The van der Waals surface area contributed by atoms with Gasteiger partial charge in [-0.05, 0) is 50.1 Å². The first-order chi connectivity index (χ1) is 13.3. The Balaban J connectivity index is 1.76. The summed E-state index contributed by atoms with van der Waals surface area (Å²) >= 11 is 0. The van der Waals surface area contributed by atoms with Crippen LogP contribution >= 0.6 is 0 Å². The van der Waals surface area contributed by atoms with Crippen molar-refractivity contribution in [2.24, 2.45) is 0 Å². The largest absolute Gasteiger partial charge is 0.361 e. The Bertz CT molecular complexity index is 1130. The Hall–Kier alpha value is -2.38. The van der Waals surface area contributed by atoms with Crippen LogP contribution in [0.3, 0.4) is 0 Å². The van der Waals surface area contributed by atoms with Gasteiger partial charge >= 0.3 is 0 Å². The molecular formula is C21H26N4O2S. The summed E-state index contributed by atoms with van der Waals surface area (Å²) in [5.41, 5.74) is 4.32. The highest BCUT2D eigenvalue weighted by Gasteiger charge is 2.27. The molecule has 1 aromatic heterocycles. The second-order valence-corrected chi connectivity index (χ2v) is 9.67. The number of benzene rings is 2. The lowest BCUT2D eigenvalue weighted by Crippen LogP contribution is -2.30. The number of imidazole rings is 1. The lowest BCUT2D eigenvalue weighted by molar-refractivity contribution is 0.521. The van der Waals surface area contributed by atoms with Crippen LogP contribution in [-0.4, -0.2) is 42.4 Å². The van der Waals surface area contributed by atoms with Gasteiger partial charge in [-0.25, -0.2) is 17.7 Å². The molecule has 2 aromatic carbocycles. The minimum absolute atomic E-state index is 0.275. The smallest absolute Gasteiger partial charge is 0.242 e. The first-order valence-electron chi connectivity index (χ1n) is 9.59. The molecule has 2 heterocycles. The van der Waals surface area contributed by atoms with Crippen molar-refractivity contribution < 1.29 is 8.42 Å². The zero-order valence-electron chi connectivity index (χ0n) is 16.8. The Morgan fingerprint density at radius 1 is 1.18 bits per heavy atom. The molecule has 3 aromatic rings. The molecule has 0 radical (unpaired) electrons. The number of hydrogen-bond acceptors (Lipinski definition) is 4. The minimum Gasteiger partial charge on any atom is -0.361 e. The van der Waals surface area contributed by atoms with E-state index in [1.54, 1.807) is 26.2 Å². The molecule has 0 spiro atoms. The molecule has 1 aliphatic heterocycles. The maximum Gasteiger partial charge on any atom is 0.242 e. The first kappa shape index (κ1) is 19.0. The van der Waals surface area contributed by atoms with Crippen molar-refractivity contribution in [2.45, 2.75) is 44.3 Å². The number of fused-ring (bicyclic) bond motifs is 2. The molecule has 0 unspecified atom stereocenters. The zero-order chi connectivity index (χ0) is 20.1. The molecule has 6 nitrogen and oxygen atoms in total. The summed E-state index contributed by atoms with van der Waals surface area (Å²) in [5, 5.41) is 0. The molecule has 28 heavy (non-hydrogen) atoms. The van der Waals surface area contributed by atoms with Crippen molar-refractivity contribution in [3.63, 3.8) is 0 Å². The van der Waals surface area contributed by atoms with Gasteiger partial charge in [0.25, 0.3) is 0 Å². The van der Waals surface area contributed by atoms with E-state index < -0.39 is 10.0 Å². The summed E-state index contributed by atoms with van der Waals surface area (Å²) in [6, 6.07) is 14.1. The number of nitrogens with zero attached hydrogens (tertiary/aromatic N) is 4. The van der Waals surface area contributed by atoms with Gasteiger partial charge in [-0.3, -0.25) is 0 Å². The minimum atomic E-state index is -3.48. The van der Waals surface area contributed by atoms with E-state index in [0.717, 1.165) is 29.8 Å². The van der Waals surface area contributed by atoms with Crippen molar-refractivity contribution >= 4 is 26.7 Å². The van der Waals surface area contributed by atoms with Gasteiger partial charge in [0.1, 0.15) is 5.82 Å². The fourth-order valence-corrected chi connectivity index (χ4v) is 4.95. The molecular weight excluding hydrogens is 372 g/mol. The monoisotopic (exact) mass is 398 g/mol. The van der Waals surface area contributed by atoms with Gasteiger partial charge in [-0.2, -0.15) is 0 Å². The second-order valence-electron chi connectivity index (χ2n) is 7.52. The van der Waals surface area contributed by atoms with Gasteiger partial charge in [0.05, 0.1) is 22.5 Å². The number of rotatable bonds is 5. The summed E-state index contributed by atoms with van der Waals surface area (Å²) in [7, 11) is -0.389. The van der Waals surface area contributed by atoms with Crippen LogP contribution in [-0.2, 0) is 29.5 Å². The predicted molar refractivity (Wildman–Crippen MR) is 112 cm³/mol. The van der Waals surface area contributed by atoms with Gasteiger partial charge in [0.15, 0.2) is 0 Å². The van der Waals surface area contributed by atoms with Crippen LogP contribution in [0.15, 0.2) is 47.4 Å². The fraction of sp³-hybridized carbons (Fsp3) is 0.381. The van der Waals surface area contributed by atoms with Crippen LogP contribution in [0.4, 0.5) is 5.69 Å². The molecule has 0 amide bonds. The molecule has 0 fully saturated rings. The van der Waals surface area contributed by atoms with E-state index in [2.05, 4.69) is 47.6 Å². The summed E-state index contributed by atoms with van der Waals surface area (Å²) in [6.45, 7) is 5.82. The van der Waals surface area contributed by atoms with E-state index >= 15 is 0 Å². The van der Waals surface area contributed by atoms with E-state index in [9.17, 15) is 8.42 Å². The quantitative estimate of drug-likeness (QED) is 0.662. The van der Waals surface area contributed by atoms with Gasteiger partial charge < -0.3 is 9.47 Å². The SMILES string of the molecule is CCn1c(CN2c3ccccc3C[C@H]2C)nc2cc(S(=O)(=O)N(C)C)ccc21. The molecule has 0 N–H and O–H groups in total. The molecule has 7 heteroatoms. The van der Waals surface area contributed by atoms with Crippen LogP contribution < -0.4 is 4.90 Å². The van der Waals surface area contributed by atoms with Crippen molar-refractivity contribution in [3.8, 4) is 0 Å². The predicted octanol–water partition coefficient (Wildman–Crippen LogP) is 3.26. The van der Waals surface area contributed by atoms with Crippen molar-refractivity contribution in [1.29, 1.82) is 0 Å². The van der Waals surface area contributed by atoms with E-state index in [0.29, 0.717) is 12.6 Å². The van der Waals surface area contributed by atoms with Crippen LogP contribution in [0.2, 0.25) is 0 Å². The normalized spacial score (nSPS) is 16.9. The Kier molecular flexibility index (Phi) is 4.67. The van der Waals surface area contributed by atoms with Crippen LogP contribution in [0.1, 0.15) is 25.2 Å². The summed E-state index contributed by atoms with van der Waals surface area (Å²) in [6.07, 6.45) is 1.04. The van der Waals surface area contributed by atoms with Crippen LogP contribution in [0.25, 0.3) is 11.0 Å². The molecule has 1 atom stereocenters. The third-order valence-electron chi connectivity index (χ3n) is 5.55. The number of para-hydroxylation sites is 1. The second kappa shape index (κ2) is 6.90. The fourth-order valence-electron chi connectivity index (χ4n) is 4.03. The Labute approximate surface area is 166 Å². The molecule has 0 bridgehead atoms. The summed E-state index contributed by atoms with van der Waals surface area (Å²) in [5.74, 6) is 0.959. The standard InChI is InChI=1S/C21H26N4O2S/c1-5-24-20-11-10-17(28(26,27)23(3)4)13-18(20)22-21(24)14-25-15(2)12-16-8-6-7-9-19(16)25/h6-11,13,15H,5,12,14H2,1-4H3/t15-/m1/s1. The number of anilines is 1. The van der Waals surface area contributed by atoms with Crippen LogP contribution in [0.5, 0.6) is 0 Å². The Morgan fingerprint density at radius 3 is 2.64 bits per heavy atom. The van der Waals surface area contributed by atoms with Gasteiger partial charge in [0, 0.05) is 32.4 Å². The van der Waals surface area contributed by atoms with Gasteiger partial charge in [-0.1, -0.05) is 18.2 Å². The lowest BCUT2D eigenvalue weighted by atomic mass is 10.1. The number of aromatic nitrogens is 2. The van der Waals surface area contributed by atoms with E-state index in [1.807, 2.05) is 6.07 Å². The van der Waals surface area contributed by atoms with Crippen molar-refractivity contribution in [3.05, 3.63) is 53.9 Å². The van der Waals surface area contributed by atoms with E-state index in [4.69, 9.17) is 4.98 Å². The molecule has 148 valence electrons. The summed E-state index contributed by atoms with van der Waals surface area (Å²) < 4.78 is 28.4. The van der Waals surface area contributed by atoms with Crippen molar-refractivity contribution in [2.75, 3.05) is 19.0 Å². The Morgan fingerprint density at radius 2 is 1.93 bits per heavy atom. The molecule has 4 rings (SSSR count). The average molecular weight is 399 g/mol. The highest BCUT2D eigenvalue weighted by molar-refractivity contribution is 7.89. The van der Waals surface area contributed by atoms with E-state index in [1.165, 1.54) is 15.6 Å². The van der Waals surface area contributed by atoms with Gasteiger partial charge in [0.2, 0.25) is 10.0 Å².